The van der Waals surface area contributed by atoms with Gasteiger partial charge in [-0.2, -0.15) is 0 Å². The molecule has 0 bridgehead atoms. The molecule has 2 aliphatic rings. The summed E-state index contributed by atoms with van der Waals surface area (Å²) in [6.07, 6.45) is 5.76. The zero-order chi connectivity index (χ0) is 11.4. The van der Waals surface area contributed by atoms with Crippen LogP contribution >= 0.6 is 0 Å². The smallest absolute Gasteiger partial charge is 0.319 e. The number of nitrogens with one attached hydrogen (secondary N) is 1. The molecule has 1 N–H and O–H groups in total. The molecule has 2 amide bonds. The van der Waals surface area contributed by atoms with E-state index in [4.69, 9.17) is 0 Å². The third-order valence-corrected chi connectivity index (χ3v) is 3.77. The number of rotatable bonds is 1. The summed E-state index contributed by atoms with van der Waals surface area (Å²) in [6.45, 7) is 4.05. The van der Waals surface area contributed by atoms with Crippen molar-refractivity contribution in [1.29, 1.82) is 0 Å². The fraction of sp³-hybridized carbons (Fsp3) is 0.917. The molecule has 0 radical (unpaired) electrons. The highest BCUT2D eigenvalue weighted by molar-refractivity contribution is 5.74. The minimum absolute atomic E-state index is 0.240. The second-order valence-corrected chi connectivity index (χ2v) is 4.92. The molecule has 2 saturated heterocycles. The molecule has 0 aromatic heterocycles. The molecule has 1 unspecified atom stereocenters. The second kappa shape index (κ2) is 5.53. The van der Waals surface area contributed by atoms with Crippen molar-refractivity contribution in [1.82, 2.24) is 15.1 Å². The van der Waals surface area contributed by atoms with Crippen molar-refractivity contribution in [2.24, 2.45) is 0 Å². The highest BCUT2D eigenvalue weighted by Gasteiger charge is 2.26. The highest BCUT2D eigenvalue weighted by atomic mass is 16.2. The molecule has 0 saturated carbocycles. The van der Waals surface area contributed by atoms with Gasteiger partial charge in [-0.05, 0) is 45.2 Å². The van der Waals surface area contributed by atoms with E-state index in [2.05, 4.69) is 5.32 Å². The number of carbonyl (C=O) groups is 1. The SMILES string of the molecule is CN(C(=O)N1CCCC1)C1CCCNCC1. The molecule has 2 heterocycles. The molecular weight excluding hydrogens is 202 g/mol. The van der Waals surface area contributed by atoms with Gasteiger partial charge in [0.25, 0.3) is 0 Å². The number of urea groups is 1. The van der Waals surface area contributed by atoms with Gasteiger partial charge in [0, 0.05) is 26.2 Å². The Morgan fingerprint density at radius 2 is 1.94 bits per heavy atom. The predicted molar refractivity (Wildman–Crippen MR) is 64.5 cm³/mol. The van der Waals surface area contributed by atoms with Gasteiger partial charge in [0.2, 0.25) is 0 Å². The quantitative estimate of drug-likeness (QED) is 0.729. The van der Waals surface area contributed by atoms with Crippen molar-refractivity contribution in [2.45, 2.75) is 38.1 Å². The van der Waals surface area contributed by atoms with Crippen molar-refractivity contribution in [3.8, 4) is 0 Å². The molecule has 0 aromatic rings. The van der Waals surface area contributed by atoms with Crippen molar-refractivity contribution < 1.29 is 4.79 Å². The van der Waals surface area contributed by atoms with Gasteiger partial charge in [-0.15, -0.1) is 0 Å². The Hall–Kier alpha value is -0.770. The first-order chi connectivity index (χ1) is 7.79. The maximum atomic E-state index is 12.2. The van der Waals surface area contributed by atoms with Crippen LogP contribution in [-0.2, 0) is 0 Å². The lowest BCUT2D eigenvalue weighted by Gasteiger charge is -2.31. The van der Waals surface area contributed by atoms with Crippen LogP contribution in [0.1, 0.15) is 32.1 Å². The van der Waals surface area contributed by atoms with E-state index in [9.17, 15) is 4.79 Å². The van der Waals surface area contributed by atoms with E-state index >= 15 is 0 Å². The Morgan fingerprint density at radius 3 is 2.69 bits per heavy atom. The molecule has 4 heteroatoms. The van der Waals surface area contributed by atoms with Crippen molar-refractivity contribution in [3.05, 3.63) is 0 Å². The van der Waals surface area contributed by atoms with Crippen LogP contribution in [0.3, 0.4) is 0 Å². The summed E-state index contributed by atoms with van der Waals surface area (Å²) in [7, 11) is 1.97. The van der Waals surface area contributed by atoms with Crippen LogP contribution in [0, 0.1) is 0 Å². The molecule has 2 rings (SSSR count). The molecular formula is C12H23N3O. The summed E-state index contributed by atoms with van der Waals surface area (Å²) >= 11 is 0. The third kappa shape index (κ3) is 2.67. The van der Waals surface area contributed by atoms with Gasteiger partial charge in [-0.3, -0.25) is 0 Å². The molecule has 4 nitrogen and oxygen atoms in total. The minimum Gasteiger partial charge on any atom is -0.325 e. The summed E-state index contributed by atoms with van der Waals surface area (Å²) in [5.41, 5.74) is 0. The Bertz CT molecular complexity index is 230. The minimum atomic E-state index is 0.240. The lowest BCUT2D eigenvalue weighted by atomic mass is 10.1. The van der Waals surface area contributed by atoms with Crippen LogP contribution in [0.2, 0.25) is 0 Å². The number of likely N-dealkylation sites (tertiary alicyclic amines) is 1. The number of amides is 2. The first-order valence-corrected chi connectivity index (χ1v) is 6.51. The molecule has 2 fully saturated rings. The summed E-state index contributed by atoms with van der Waals surface area (Å²) < 4.78 is 0. The van der Waals surface area contributed by atoms with Gasteiger partial charge in [0.05, 0.1) is 0 Å². The molecule has 92 valence electrons. The maximum absolute atomic E-state index is 12.2. The highest BCUT2D eigenvalue weighted by Crippen LogP contribution is 2.16. The van der Waals surface area contributed by atoms with Gasteiger partial charge in [-0.25, -0.2) is 4.79 Å². The topological polar surface area (TPSA) is 35.6 Å². The predicted octanol–water partition coefficient (Wildman–Crippen LogP) is 1.28. The summed E-state index contributed by atoms with van der Waals surface area (Å²) in [6, 6.07) is 0.674. The zero-order valence-corrected chi connectivity index (χ0v) is 10.2. The standard InChI is InChI=1S/C12H23N3O/c1-14(11-5-4-7-13-8-6-11)12(16)15-9-2-3-10-15/h11,13H,2-10H2,1H3. The van der Waals surface area contributed by atoms with Crippen LogP contribution < -0.4 is 5.32 Å². The fourth-order valence-electron chi connectivity index (χ4n) is 2.68. The van der Waals surface area contributed by atoms with Gasteiger partial charge >= 0.3 is 6.03 Å². The fourth-order valence-corrected chi connectivity index (χ4v) is 2.68. The van der Waals surface area contributed by atoms with Crippen LogP contribution in [-0.4, -0.2) is 55.1 Å². The van der Waals surface area contributed by atoms with E-state index in [1.807, 2.05) is 16.8 Å². The molecule has 16 heavy (non-hydrogen) atoms. The Labute approximate surface area is 98.0 Å². The molecule has 1 atom stereocenters. The Balaban J connectivity index is 1.88. The van der Waals surface area contributed by atoms with Crippen LogP contribution in [0.25, 0.3) is 0 Å². The largest absolute Gasteiger partial charge is 0.325 e. The maximum Gasteiger partial charge on any atom is 0.319 e. The number of carbonyl (C=O) groups excluding carboxylic acids is 1. The van der Waals surface area contributed by atoms with E-state index in [0.717, 1.165) is 39.0 Å². The summed E-state index contributed by atoms with van der Waals surface area (Å²) in [4.78, 5) is 16.2. The average molecular weight is 225 g/mol. The first kappa shape index (κ1) is 11.7. The number of nitrogens with zero attached hydrogens (tertiary/aromatic N) is 2. The normalized spacial score (nSPS) is 26.6. The van der Waals surface area contributed by atoms with Gasteiger partial charge < -0.3 is 15.1 Å². The van der Waals surface area contributed by atoms with Gasteiger partial charge in [-0.1, -0.05) is 0 Å². The summed E-state index contributed by atoms with van der Waals surface area (Å²) in [5.74, 6) is 0. The van der Waals surface area contributed by atoms with Crippen LogP contribution in [0.15, 0.2) is 0 Å². The van der Waals surface area contributed by atoms with E-state index < -0.39 is 0 Å². The van der Waals surface area contributed by atoms with Crippen LogP contribution in [0.5, 0.6) is 0 Å². The van der Waals surface area contributed by atoms with Crippen molar-refractivity contribution >= 4 is 6.03 Å². The number of hydrogen-bond donors (Lipinski definition) is 1. The molecule has 0 aromatic carbocycles. The molecule has 2 aliphatic heterocycles. The molecule has 0 spiro atoms. The third-order valence-electron chi connectivity index (χ3n) is 3.77. The lowest BCUT2D eigenvalue weighted by Crippen LogP contribution is -2.45. The van der Waals surface area contributed by atoms with Gasteiger partial charge in [0.15, 0.2) is 0 Å². The van der Waals surface area contributed by atoms with Crippen molar-refractivity contribution in [3.63, 3.8) is 0 Å². The average Bonchev–Trinajstić information content (AvgIpc) is 2.70. The monoisotopic (exact) mass is 225 g/mol. The Morgan fingerprint density at radius 1 is 1.19 bits per heavy atom. The molecule has 0 aliphatic carbocycles. The first-order valence-electron chi connectivity index (χ1n) is 6.51. The van der Waals surface area contributed by atoms with E-state index in [1.54, 1.807) is 0 Å². The van der Waals surface area contributed by atoms with E-state index in [0.29, 0.717) is 6.04 Å². The lowest BCUT2D eigenvalue weighted by molar-refractivity contribution is 0.151. The zero-order valence-electron chi connectivity index (χ0n) is 10.2. The summed E-state index contributed by atoms with van der Waals surface area (Å²) in [5, 5.41) is 3.39. The van der Waals surface area contributed by atoms with Gasteiger partial charge in [0.1, 0.15) is 0 Å². The van der Waals surface area contributed by atoms with E-state index in [-0.39, 0.29) is 6.03 Å². The number of hydrogen-bond acceptors (Lipinski definition) is 2. The van der Waals surface area contributed by atoms with E-state index in [1.165, 1.54) is 19.3 Å². The van der Waals surface area contributed by atoms with Crippen LogP contribution in [0.4, 0.5) is 4.79 Å². The van der Waals surface area contributed by atoms with Crippen molar-refractivity contribution in [2.75, 3.05) is 33.2 Å². The Kier molecular flexibility index (Phi) is 4.04. The second-order valence-electron chi connectivity index (χ2n) is 4.92.